The van der Waals surface area contributed by atoms with E-state index >= 15 is 0 Å². The molecule has 1 N–H and O–H groups in total. The minimum absolute atomic E-state index is 0.681. The van der Waals surface area contributed by atoms with E-state index in [4.69, 9.17) is 9.72 Å². The number of nitrogens with zero attached hydrogens (tertiary/aromatic N) is 1. The number of aryl methyl sites for hydroxylation is 1. The lowest BCUT2D eigenvalue weighted by molar-refractivity contribution is 0.341. The molecule has 0 fully saturated rings. The molecule has 0 aliphatic carbocycles. The number of thiazole rings is 1. The Bertz CT molecular complexity index is 527. The van der Waals surface area contributed by atoms with Crippen LogP contribution in [0.5, 0.6) is 5.75 Å². The number of anilines is 1. The van der Waals surface area contributed by atoms with Gasteiger partial charge in [0.15, 0.2) is 0 Å². The topological polar surface area (TPSA) is 34.1 Å². The highest BCUT2D eigenvalue weighted by atomic mass is 32.1. The van der Waals surface area contributed by atoms with E-state index < -0.39 is 0 Å². The van der Waals surface area contributed by atoms with Crippen molar-refractivity contribution in [3.05, 3.63) is 29.1 Å². The van der Waals surface area contributed by atoms with E-state index in [-0.39, 0.29) is 0 Å². The second-order valence-electron chi connectivity index (χ2n) is 4.25. The summed E-state index contributed by atoms with van der Waals surface area (Å²) in [6.45, 7) is 3.72. The molecular formula is C14H16N2OS. The zero-order chi connectivity index (χ0) is 12.4. The van der Waals surface area contributed by atoms with Gasteiger partial charge in [0.2, 0.25) is 0 Å². The minimum Gasteiger partial charge on any atom is -0.493 e. The van der Waals surface area contributed by atoms with Crippen LogP contribution in [0.3, 0.4) is 0 Å². The molecule has 1 aromatic heterocycles. The van der Waals surface area contributed by atoms with Crippen LogP contribution in [0.15, 0.2) is 24.3 Å². The molecule has 3 nitrogen and oxygen atoms in total. The first-order valence-corrected chi connectivity index (χ1v) is 7.16. The number of hydrogen-bond donors (Lipinski definition) is 1. The molecule has 0 amide bonds. The molecule has 2 aromatic rings. The Morgan fingerprint density at radius 1 is 1.39 bits per heavy atom. The van der Waals surface area contributed by atoms with Crippen molar-refractivity contribution in [3.63, 3.8) is 0 Å². The van der Waals surface area contributed by atoms with Gasteiger partial charge in [-0.25, -0.2) is 4.98 Å². The highest BCUT2D eigenvalue weighted by molar-refractivity contribution is 7.15. The van der Waals surface area contributed by atoms with Crippen molar-refractivity contribution >= 4 is 17.2 Å². The molecule has 0 atom stereocenters. The van der Waals surface area contributed by atoms with Crippen LogP contribution in [0.4, 0.5) is 5.82 Å². The number of benzene rings is 1. The molecule has 0 saturated heterocycles. The van der Waals surface area contributed by atoms with Crippen molar-refractivity contribution in [1.29, 1.82) is 0 Å². The second kappa shape index (κ2) is 4.98. The van der Waals surface area contributed by atoms with Gasteiger partial charge in [0.25, 0.3) is 0 Å². The number of para-hydroxylation sites is 1. The van der Waals surface area contributed by atoms with Crippen molar-refractivity contribution in [2.24, 2.45) is 0 Å². The van der Waals surface area contributed by atoms with Crippen LogP contribution in [-0.2, 0) is 6.42 Å². The van der Waals surface area contributed by atoms with Gasteiger partial charge < -0.3 is 10.1 Å². The van der Waals surface area contributed by atoms with Gasteiger partial charge in [-0.15, -0.1) is 11.3 Å². The van der Waals surface area contributed by atoms with Gasteiger partial charge in [-0.3, -0.25) is 0 Å². The first-order valence-electron chi connectivity index (χ1n) is 6.34. The summed E-state index contributed by atoms with van der Waals surface area (Å²) < 4.78 is 5.67. The summed E-state index contributed by atoms with van der Waals surface area (Å²) >= 11 is 1.77. The Morgan fingerprint density at radius 3 is 3.11 bits per heavy atom. The standard InChI is InChI=1S/C14H16N2OS/c1-2-17-11-7-4-3-6-10(11)14-16-13-12(18-14)8-5-9-15-13/h3-4,6-7,15H,2,5,8-9H2,1H3. The van der Waals surface area contributed by atoms with E-state index in [1.54, 1.807) is 11.3 Å². The lowest BCUT2D eigenvalue weighted by Crippen LogP contribution is -2.09. The number of fused-ring (bicyclic) bond motifs is 1. The van der Waals surface area contributed by atoms with Crippen LogP contribution in [0, 0.1) is 0 Å². The normalized spacial score (nSPS) is 13.8. The molecule has 94 valence electrons. The Balaban J connectivity index is 2.01. The summed E-state index contributed by atoms with van der Waals surface area (Å²) in [4.78, 5) is 6.05. The number of rotatable bonds is 3. The van der Waals surface area contributed by atoms with E-state index in [9.17, 15) is 0 Å². The second-order valence-corrected chi connectivity index (χ2v) is 5.33. The van der Waals surface area contributed by atoms with Gasteiger partial charge in [-0.1, -0.05) is 12.1 Å². The molecule has 1 aliphatic heterocycles. The van der Waals surface area contributed by atoms with Gasteiger partial charge in [0.1, 0.15) is 16.6 Å². The molecule has 0 unspecified atom stereocenters. The van der Waals surface area contributed by atoms with Crippen LogP contribution in [0.1, 0.15) is 18.2 Å². The Labute approximate surface area is 111 Å². The van der Waals surface area contributed by atoms with Gasteiger partial charge in [0.05, 0.1) is 12.2 Å². The maximum atomic E-state index is 5.67. The molecule has 0 bridgehead atoms. The van der Waals surface area contributed by atoms with Crippen molar-refractivity contribution in [1.82, 2.24) is 4.98 Å². The molecule has 0 spiro atoms. The third kappa shape index (κ3) is 2.08. The van der Waals surface area contributed by atoms with E-state index in [0.29, 0.717) is 6.61 Å². The maximum absolute atomic E-state index is 5.67. The highest BCUT2D eigenvalue weighted by Gasteiger charge is 2.17. The molecule has 1 aliphatic rings. The van der Waals surface area contributed by atoms with Crippen LogP contribution < -0.4 is 10.1 Å². The molecule has 2 heterocycles. The SMILES string of the molecule is CCOc1ccccc1-c1nc2c(s1)CCCN2. The van der Waals surface area contributed by atoms with Crippen LogP contribution >= 0.6 is 11.3 Å². The Morgan fingerprint density at radius 2 is 2.28 bits per heavy atom. The van der Waals surface area contributed by atoms with Crippen LogP contribution in [0.2, 0.25) is 0 Å². The summed E-state index contributed by atoms with van der Waals surface area (Å²) in [5.41, 5.74) is 1.10. The quantitative estimate of drug-likeness (QED) is 0.916. The molecular weight excluding hydrogens is 244 g/mol. The molecule has 1 aromatic carbocycles. The van der Waals surface area contributed by atoms with Gasteiger partial charge in [-0.05, 0) is 31.9 Å². The zero-order valence-electron chi connectivity index (χ0n) is 10.4. The predicted molar refractivity (Wildman–Crippen MR) is 75.5 cm³/mol. The number of hydrogen-bond acceptors (Lipinski definition) is 4. The van der Waals surface area contributed by atoms with Gasteiger partial charge in [-0.2, -0.15) is 0 Å². The average Bonchev–Trinajstić information content (AvgIpc) is 2.83. The summed E-state index contributed by atoms with van der Waals surface area (Å²) in [6, 6.07) is 8.12. The summed E-state index contributed by atoms with van der Waals surface area (Å²) in [5.74, 6) is 1.98. The highest BCUT2D eigenvalue weighted by Crippen LogP contribution is 2.37. The van der Waals surface area contributed by atoms with E-state index in [1.165, 1.54) is 11.3 Å². The molecule has 3 rings (SSSR count). The van der Waals surface area contributed by atoms with Crippen molar-refractivity contribution in [2.75, 3.05) is 18.5 Å². The molecule has 0 radical (unpaired) electrons. The number of nitrogens with one attached hydrogen (secondary N) is 1. The van der Waals surface area contributed by atoms with Gasteiger partial charge in [0, 0.05) is 11.4 Å². The van der Waals surface area contributed by atoms with Crippen molar-refractivity contribution < 1.29 is 4.74 Å². The third-order valence-corrected chi connectivity index (χ3v) is 4.14. The fourth-order valence-corrected chi connectivity index (χ4v) is 3.26. The fraction of sp³-hybridized carbons (Fsp3) is 0.357. The van der Waals surface area contributed by atoms with E-state index in [1.807, 2.05) is 25.1 Å². The smallest absolute Gasteiger partial charge is 0.140 e. The minimum atomic E-state index is 0.681. The third-order valence-electron chi connectivity index (χ3n) is 2.99. The first kappa shape index (κ1) is 11.5. The molecule has 18 heavy (non-hydrogen) atoms. The van der Waals surface area contributed by atoms with E-state index in [0.717, 1.165) is 35.1 Å². The summed E-state index contributed by atoms with van der Waals surface area (Å²) in [7, 11) is 0. The zero-order valence-corrected chi connectivity index (χ0v) is 11.2. The summed E-state index contributed by atoms with van der Waals surface area (Å²) in [5, 5.41) is 4.42. The monoisotopic (exact) mass is 260 g/mol. The summed E-state index contributed by atoms with van der Waals surface area (Å²) in [6.07, 6.45) is 2.33. The fourth-order valence-electron chi connectivity index (χ4n) is 2.15. The first-order chi connectivity index (χ1) is 8.88. The van der Waals surface area contributed by atoms with Crippen molar-refractivity contribution in [2.45, 2.75) is 19.8 Å². The maximum Gasteiger partial charge on any atom is 0.140 e. The molecule has 4 heteroatoms. The molecule has 0 saturated carbocycles. The number of ether oxygens (including phenoxy) is 1. The van der Waals surface area contributed by atoms with Gasteiger partial charge >= 0.3 is 0 Å². The van der Waals surface area contributed by atoms with E-state index in [2.05, 4.69) is 11.4 Å². The Kier molecular flexibility index (Phi) is 3.19. The predicted octanol–water partition coefficient (Wildman–Crippen LogP) is 3.57. The number of aromatic nitrogens is 1. The van der Waals surface area contributed by atoms with Crippen molar-refractivity contribution in [3.8, 4) is 16.3 Å². The lowest BCUT2D eigenvalue weighted by atomic mass is 10.2. The lowest BCUT2D eigenvalue weighted by Gasteiger charge is -2.10. The van der Waals surface area contributed by atoms with Crippen LogP contribution in [-0.4, -0.2) is 18.1 Å². The average molecular weight is 260 g/mol. The van der Waals surface area contributed by atoms with Crippen LogP contribution in [0.25, 0.3) is 10.6 Å². The Hall–Kier alpha value is -1.55. The largest absolute Gasteiger partial charge is 0.493 e.